The van der Waals surface area contributed by atoms with Crippen molar-refractivity contribution in [3.05, 3.63) is 75.6 Å². The molecule has 4 rings (SSSR count). The van der Waals surface area contributed by atoms with Gasteiger partial charge in [-0.2, -0.15) is 5.10 Å². The van der Waals surface area contributed by atoms with Crippen LogP contribution in [0.15, 0.2) is 58.4 Å². The van der Waals surface area contributed by atoms with Gasteiger partial charge >= 0.3 is 0 Å². The number of hydrogen-bond donors (Lipinski definition) is 0. The van der Waals surface area contributed by atoms with Crippen molar-refractivity contribution in [3.63, 3.8) is 0 Å². The number of fused-ring (bicyclic) bond motifs is 1. The number of nitrogens with zero attached hydrogens (tertiary/aromatic N) is 3. The lowest BCUT2D eigenvalue weighted by atomic mass is 9.95. The van der Waals surface area contributed by atoms with Gasteiger partial charge in [0.1, 0.15) is 5.75 Å². The van der Waals surface area contributed by atoms with Gasteiger partial charge in [-0.15, -0.1) is 0 Å². The second kappa shape index (κ2) is 7.95. The molecule has 2 heterocycles. The number of ether oxygens (including phenoxy) is 1. The van der Waals surface area contributed by atoms with Gasteiger partial charge < -0.3 is 4.74 Å². The van der Waals surface area contributed by atoms with E-state index in [-0.39, 0.29) is 17.5 Å². The third kappa shape index (κ3) is 3.27. The number of aromatic nitrogens is 1. The van der Waals surface area contributed by atoms with Gasteiger partial charge in [0.15, 0.2) is 0 Å². The molecule has 1 aliphatic rings. The molecule has 0 aliphatic carbocycles. The van der Waals surface area contributed by atoms with Crippen LogP contribution in [0, 0.1) is 6.92 Å². The predicted octanol–water partition coefficient (Wildman–Crippen LogP) is 4.41. The highest BCUT2D eigenvalue weighted by molar-refractivity contribution is 6.20. The van der Waals surface area contributed by atoms with Crippen molar-refractivity contribution in [2.24, 2.45) is 5.10 Å². The van der Waals surface area contributed by atoms with Gasteiger partial charge in [-0.25, -0.2) is 9.10 Å². The zero-order valence-electron chi connectivity index (χ0n) is 17.1. The first-order chi connectivity index (χ1) is 14.5. The maximum atomic E-state index is 13.1. The van der Waals surface area contributed by atoms with Gasteiger partial charge in [-0.05, 0) is 36.2 Å². The summed E-state index contributed by atoms with van der Waals surface area (Å²) in [5, 5.41) is 6.97. The molecule has 154 valence electrons. The van der Waals surface area contributed by atoms with Crippen LogP contribution >= 0.6 is 11.8 Å². The van der Waals surface area contributed by atoms with Crippen LogP contribution in [0.25, 0.3) is 10.9 Å². The number of carbonyl (C=O) groups excluding carboxylic acids is 1. The van der Waals surface area contributed by atoms with E-state index in [1.807, 2.05) is 55.5 Å². The quantitative estimate of drug-likeness (QED) is 0.624. The number of aryl methyl sites for hydroxylation is 1. The fourth-order valence-corrected chi connectivity index (χ4v) is 4.18. The normalized spacial score (nSPS) is 16.1. The number of halogens is 1. The van der Waals surface area contributed by atoms with E-state index in [4.69, 9.17) is 16.5 Å². The molecular weight excluding hydrogens is 402 g/mol. The van der Waals surface area contributed by atoms with Crippen molar-refractivity contribution in [3.8, 4) is 5.75 Å². The van der Waals surface area contributed by atoms with E-state index < -0.39 is 0 Å². The third-order valence-corrected chi connectivity index (χ3v) is 5.88. The first kappa shape index (κ1) is 20.2. The van der Waals surface area contributed by atoms with Crippen molar-refractivity contribution >= 4 is 34.3 Å². The number of amides is 1. The fraction of sp³-hybridized carbons (Fsp3) is 0.261. The number of hydrazone groups is 1. The molecule has 0 spiro atoms. The predicted molar refractivity (Wildman–Crippen MR) is 118 cm³/mol. The molecule has 1 atom stereocenters. The molecule has 30 heavy (non-hydrogen) atoms. The zero-order valence-corrected chi connectivity index (χ0v) is 17.8. The summed E-state index contributed by atoms with van der Waals surface area (Å²) in [6.45, 7) is 3.69. The van der Waals surface area contributed by atoms with Crippen molar-refractivity contribution in [2.75, 3.05) is 7.11 Å². The number of para-hydroxylation sites is 1. The molecule has 3 aromatic rings. The highest BCUT2D eigenvalue weighted by Gasteiger charge is 2.34. The maximum absolute atomic E-state index is 13.1. The number of methoxy groups -OCH3 is 1. The lowest BCUT2D eigenvalue weighted by Crippen LogP contribution is -2.26. The third-order valence-electron chi connectivity index (χ3n) is 5.54. The molecule has 0 saturated carbocycles. The number of rotatable bonds is 4. The van der Waals surface area contributed by atoms with Crippen LogP contribution < -0.4 is 10.3 Å². The van der Waals surface area contributed by atoms with E-state index in [2.05, 4.69) is 5.10 Å². The Labute approximate surface area is 179 Å². The number of pyridine rings is 1. The van der Waals surface area contributed by atoms with Gasteiger partial charge in [0, 0.05) is 30.0 Å². The second-order valence-corrected chi connectivity index (χ2v) is 7.57. The molecule has 6 nitrogen and oxygen atoms in total. The minimum absolute atomic E-state index is 0.101. The van der Waals surface area contributed by atoms with Crippen LogP contribution in [0.1, 0.15) is 42.5 Å². The molecule has 7 heteroatoms. The molecule has 0 bridgehead atoms. The average Bonchev–Trinajstić information content (AvgIpc) is 3.22. The highest BCUT2D eigenvalue weighted by atomic mass is 35.5. The molecular formula is C23H22ClN3O3. The first-order valence-electron chi connectivity index (χ1n) is 9.80. The van der Waals surface area contributed by atoms with E-state index in [0.29, 0.717) is 29.6 Å². The molecule has 1 amide bonds. The molecule has 0 fully saturated rings. The highest BCUT2D eigenvalue weighted by Crippen LogP contribution is 2.35. The Kier molecular flexibility index (Phi) is 5.35. The van der Waals surface area contributed by atoms with E-state index >= 15 is 0 Å². The lowest BCUT2D eigenvalue weighted by molar-refractivity contribution is -0.132. The standard InChI is InChI=1S/C23H22ClN3O3/c1-4-21(28)27-20(15-9-11-16(30-3)12-10-15)13-18(25-27)22-14(2)17-7-5-6-8-19(17)26(24)23(22)29/h5-12,20H,4,13H2,1-3H3. The van der Waals surface area contributed by atoms with E-state index in [1.54, 1.807) is 14.0 Å². The van der Waals surface area contributed by atoms with E-state index in [0.717, 1.165) is 26.3 Å². The van der Waals surface area contributed by atoms with Gasteiger partial charge in [0.05, 0.1) is 29.9 Å². The van der Waals surface area contributed by atoms with Crippen molar-refractivity contribution < 1.29 is 9.53 Å². The van der Waals surface area contributed by atoms with Gasteiger partial charge in [-0.1, -0.05) is 37.3 Å². The lowest BCUT2D eigenvalue weighted by Gasteiger charge is -2.21. The van der Waals surface area contributed by atoms with Crippen molar-refractivity contribution in [1.82, 2.24) is 9.10 Å². The van der Waals surface area contributed by atoms with Crippen molar-refractivity contribution in [2.45, 2.75) is 32.7 Å². The maximum Gasteiger partial charge on any atom is 0.275 e. The van der Waals surface area contributed by atoms with Gasteiger partial charge in [-0.3, -0.25) is 9.59 Å². The summed E-state index contributed by atoms with van der Waals surface area (Å²) in [7, 11) is 1.61. The van der Waals surface area contributed by atoms with Crippen LogP contribution in [0.5, 0.6) is 5.75 Å². The summed E-state index contributed by atoms with van der Waals surface area (Å²) in [6.07, 6.45) is 0.753. The summed E-state index contributed by atoms with van der Waals surface area (Å²) in [6, 6.07) is 14.8. The largest absolute Gasteiger partial charge is 0.497 e. The number of benzene rings is 2. The topological polar surface area (TPSA) is 63.9 Å². The second-order valence-electron chi connectivity index (χ2n) is 7.23. The zero-order chi connectivity index (χ0) is 21.4. The SMILES string of the molecule is CCC(=O)N1N=C(c2c(C)c3ccccc3n(Cl)c2=O)CC1c1ccc(OC)cc1. The van der Waals surface area contributed by atoms with Crippen LogP contribution in [0.4, 0.5) is 0 Å². The van der Waals surface area contributed by atoms with Gasteiger partial charge in [0.2, 0.25) is 5.91 Å². The van der Waals surface area contributed by atoms with Crippen LogP contribution in [0.2, 0.25) is 0 Å². The number of carbonyl (C=O) groups is 1. The fourth-order valence-electron chi connectivity index (χ4n) is 3.94. The van der Waals surface area contributed by atoms with Crippen LogP contribution in [-0.4, -0.2) is 27.8 Å². The molecule has 1 aliphatic heterocycles. The average molecular weight is 424 g/mol. The van der Waals surface area contributed by atoms with E-state index in [1.165, 1.54) is 5.01 Å². The molecule has 2 aromatic carbocycles. The molecule has 1 unspecified atom stereocenters. The minimum Gasteiger partial charge on any atom is -0.497 e. The summed E-state index contributed by atoms with van der Waals surface area (Å²) in [5.74, 6) is 0.636. The Morgan fingerprint density at radius 1 is 1.20 bits per heavy atom. The Hall–Kier alpha value is -3.12. The summed E-state index contributed by atoms with van der Waals surface area (Å²) in [5.41, 5.74) is 3.09. The molecule has 0 radical (unpaired) electrons. The summed E-state index contributed by atoms with van der Waals surface area (Å²) >= 11 is 6.35. The summed E-state index contributed by atoms with van der Waals surface area (Å²) in [4.78, 5) is 25.7. The Morgan fingerprint density at radius 2 is 1.90 bits per heavy atom. The summed E-state index contributed by atoms with van der Waals surface area (Å²) < 4.78 is 6.37. The Bertz CT molecular complexity index is 1210. The molecule has 0 N–H and O–H groups in total. The van der Waals surface area contributed by atoms with Crippen LogP contribution in [-0.2, 0) is 4.79 Å². The smallest absolute Gasteiger partial charge is 0.275 e. The molecule has 0 saturated heterocycles. The monoisotopic (exact) mass is 423 g/mol. The Morgan fingerprint density at radius 3 is 2.57 bits per heavy atom. The number of hydrogen-bond acceptors (Lipinski definition) is 4. The van der Waals surface area contributed by atoms with E-state index in [9.17, 15) is 9.59 Å². The Balaban J connectivity index is 1.83. The van der Waals surface area contributed by atoms with Crippen molar-refractivity contribution in [1.29, 1.82) is 0 Å². The molecule has 1 aromatic heterocycles. The van der Waals surface area contributed by atoms with Gasteiger partial charge in [0.25, 0.3) is 5.56 Å². The first-order valence-corrected chi connectivity index (χ1v) is 10.1. The minimum atomic E-state index is -0.328. The van der Waals surface area contributed by atoms with Crippen LogP contribution in [0.3, 0.4) is 0 Å².